The van der Waals surface area contributed by atoms with Crippen LogP contribution in [0.25, 0.3) is 0 Å². The third-order valence-electron chi connectivity index (χ3n) is 4.93. The van der Waals surface area contributed by atoms with Crippen molar-refractivity contribution in [2.24, 2.45) is 11.8 Å². The molecule has 3 rings (SSSR count). The van der Waals surface area contributed by atoms with Gasteiger partial charge in [-0.25, -0.2) is 0 Å². The minimum Gasteiger partial charge on any atom is -0.316 e. The summed E-state index contributed by atoms with van der Waals surface area (Å²) in [5.74, 6) is 2.09. The molecule has 0 aromatic carbocycles. The summed E-state index contributed by atoms with van der Waals surface area (Å²) < 4.78 is 0. The van der Waals surface area contributed by atoms with E-state index >= 15 is 0 Å². The van der Waals surface area contributed by atoms with Gasteiger partial charge in [0.15, 0.2) is 0 Å². The summed E-state index contributed by atoms with van der Waals surface area (Å²) in [5.41, 5.74) is 0. The molecule has 0 aromatic heterocycles. The third-order valence-corrected chi connectivity index (χ3v) is 4.93. The first-order valence-corrected chi connectivity index (χ1v) is 7.26. The van der Waals surface area contributed by atoms with Crippen LogP contribution in [-0.4, -0.2) is 37.1 Å². The molecule has 3 fully saturated rings. The van der Waals surface area contributed by atoms with Crippen LogP contribution < -0.4 is 5.32 Å². The second-order valence-corrected chi connectivity index (χ2v) is 6.31. The van der Waals surface area contributed by atoms with E-state index in [2.05, 4.69) is 17.3 Å². The van der Waals surface area contributed by atoms with Crippen molar-refractivity contribution in [1.29, 1.82) is 0 Å². The molecule has 1 saturated heterocycles. The van der Waals surface area contributed by atoms with Crippen LogP contribution >= 0.6 is 0 Å². The summed E-state index contributed by atoms with van der Waals surface area (Å²) in [6.07, 6.45) is 10.4. The summed E-state index contributed by atoms with van der Waals surface area (Å²) in [6.45, 7) is 2.71. The van der Waals surface area contributed by atoms with Crippen molar-refractivity contribution in [3.05, 3.63) is 0 Å². The van der Waals surface area contributed by atoms with Gasteiger partial charge in [-0.1, -0.05) is 19.3 Å². The zero-order valence-electron chi connectivity index (χ0n) is 10.6. The predicted molar refractivity (Wildman–Crippen MR) is 67.5 cm³/mol. The van der Waals surface area contributed by atoms with Gasteiger partial charge in [0, 0.05) is 25.2 Å². The van der Waals surface area contributed by atoms with E-state index in [1.54, 1.807) is 0 Å². The number of likely N-dealkylation sites (tertiary alicyclic amines) is 1. The molecule has 1 N–H and O–H groups in total. The van der Waals surface area contributed by atoms with E-state index in [0.29, 0.717) is 0 Å². The number of likely N-dealkylation sites (N-methyl/N-ethyl adjacent to an activating group) is 1. The molecule has 0 amide bonds. The van der Waals surface area contributed by atoms with Crippen molar-refractivity contribution in [2.45, 2.75) is 57.0 Å². The summed E-state index contributed by atoms with van der Waals surface area (Å²) in [6, 6.07) is 1.70. The van der Waals surface area contributed by atoms with Crippen molar-refractivity contribution in [3.63, 3.8) is 0 Å². The highest BCUT2D eigenvalue weighted by Gasteiger charge is 2.35. The van der Waals surface area contributed by atoms with Crippen LogP contribution in [0, 0.1) is 11.8 Å². The Morgan fingerprint density at radius 3 is 2.44 bits per heavy atom. The van der Waals surface area contributed by atoms with Gasteiger partial charge in [-0.05, 0) is 44.6 Å². The third kappa shape index (κ3) is 2.43. The van der Waals surface area contributed by atoms with Crippen LogP contribution in [0.15, 0.2) is 0 Å². The smallest absolute Gasteiger partial charge is 0.0195 e. The standard InChI is InChI=1S/C14H26N2/c1-15-13-8-12(7-11-5-6-11)9-16(10-13)14-3-2-4-14/h11-15H,2-10H2,1H3. The average Bonchev–Trinajstić information content (AvgIpc) is 2.98. The van der Waals surface area contributed by atoms with E-state index in [9.17, 15) is 0 Å². The highest BCUT2D eigenvalue weighted by molar-refractivity contribution is 4.91. The quantitative estimate of drug-likeness (QED) is 0.785. The maximum absolute atomic E-state index is 3.52. The molecular formula is C14H26N2. The lowest BCUT2D eigenvalue weighted by Crippen LogP contribution is -2.53. The molecule has 1 aliphatic heterocycles. The van der Waals surface area contributed by atoms with Crippen molar-refractivity contribution in [3.8, 4) is 0 Å². The van der Waals surface area contributed by atoms with Gasteiger partial charge >= 0.3 is 0 Å². The number of hydrogen-bond donors (Lipinski definition) is 1. The lowest BCUT2D eigenvalue weighted by atomic mass is 9.84. The topological polar surface area (TPSA) is 15.3 Å². The molecule has 0 spiro atoms. The summed E-state index contributed by atoms with van der Waals surface area (Å²) >= 11 is 0. The van der Waals surface area contributed by atoms with E-state index in [1.807, 2.05) is 0 Å². The molecule has 92 valence electrons. The predicted octanol–water partition coefficient (Wildman–Crippen LogP) is 2.25. The first-order valence-electron chi connectivity index (χ1n) is 7.26. The zero-order chi connectivity index (χ0) is 11.0. The Morgan fingerprint density at radius 2 is 1.88 bits per heavy atom. The molecule has 0 bridgehead atoms. The van der Waals surface area contributed by atoms with E-state index in [4.69, 9.17) is 0 Å². The van der Waals surface area contributed by atoms with E-state index in [1.165, 1.54) is 58.0 Å². The second kappa shape index (κ2) is 4.66. The number of nitrogens with one attached hydrogen (secondary N) is 1. The van der Waals surface area contributed by atoms with E-state index < -0.39 is 0 Å². The molecule has 16 heavy (non-hydrogen) atoms. The molecule has 2 heteroatoms. The Balaban J connectivity index is 1.56. The Hall–Kier alpha value is -0.0800. The van der Waals surface area contributed by atoms with Gasteiger partial charge in [0.1, 0.15) is 0 Å². The lowest BCUT2D eigenvalue weighted by molar-refractivity contribution is 0.0564. The van der Waals surface area contributed by atoms with Crippen LogP contribution in [-0.2, 0) is 0 Å². The fourth-order valence-electron chi connectivity index (χ4n) is 3.50. The number of hydrogen-bond acceptors (Lipinski definition) is 2. The Labute approximate surface area is 99.8 Å². The normalized spacial score (nSPS) is 37.3. The monoisotopic (exact) mass is 222 g/mol. The Bertz CT molecular complexity index is 233. The largest absolute Gasteiger partial charge is 0.316 e. The fraction of sp³-hybridized carbons (Fsp3) is 1.00. The van der Waals surface area contributed by atoms with Crippen LogP contribution in [0.4, 0.5) is 0 Å². The lowest BCUT2D eigenvalue weighted by Gasteiger charge is -2.45. The maximum atomic E-state index is 3.52. The number of piperidine rings is 1. The van der Waals surface area contributed by atoms with Gasteiger partial charge in [0.2, 0.25) is 0 Å². The molecule has 0 radical (unpaired) electrons. The molecule has 2 nitrogen and oxygen atoms in total. The van der Waals surface area contributed by atoms with Gasteiger partial charge in [-0.2, -0.15) is 0 Å². The molecule has 2 atom stereocenters. The van der Waals surface area contributed by atoms with Gasteiger partial charge < -0.3 is 5.32 Å². The van der Waals surface area contributed by atoms with Gasteiger partial charge in [-0.3, -0.25) is 4.90 Å². The molecular weight excluding hydrogens is 196 g/mol. The summed E-state index contributed by atoms with van der Waals surface area (Å²) in [7, 11) is 2.14. The zero-order valence-corrected chi connectivity index (χ0v) is 10.6. The van der Waals surface area contributed by atoms with E-state index in [0.717, 1.165) is 23.9 Å². The summed E-state index contributed by atoms with van der Waals surface area (Å²) in [4.78, 5) is 2.79. The van der Waals surface area contributed by atoms with Crippen molar-refractivity contribution < 1.29 is 0 Å². The van der Waals surface area contributed by atoms with Gasteiger partial charge in [0.25, 0.3) is 0 Å². The van der Waals surface area contributed by atoms with Gasteiger partial charge in [0.05, 0.1) is 0 Å². The van der Waals surface area contributed by atoms with E-state index in [-0.39, 0.29) is 0 Å². The van der Waals surface area contributed by atoms with Gasteiger partial charge in [-0.15, -0.1) is 0 Å². The SMILES string of the molecule is CNC1CC(CC2CC2)CN(C2CCC2)C1. The maximum Gasteiger partial charge on any atom is 0.0195 e. The minimum atomic E-state index is 0.762. The molecule has 2 aliphatic carbocycles. The van der Waals surface area contributed by atoms with Crippen molar-refractivity contribution >= 4 is 0 Å². The molecule has 3 aliphatic rings. The summed E-state index contributed by atoms with van der Waals surface area (Å²) in [5, 5.41) is 3.52. The van der Waals surface area contributed by atoms with Crippen LogP contribution in [0.2, 0.25) is 0 Å². The molecule has 2 unspecified atom stereocenters. The number of nitrogens with zero attached hydrogens (tertiary/aromatic N) is 1. The second-order valence-electron chi connectivity index (χ2n) is 6.31. The molecule has 2 saturated carbocycles. The highest BCUT2D eigenvalue weighted by atomic mass is 15.2. The Morgan fingerprint density at radius 1 is 1.06 bits per heavy atom. The van der Waals surface area contributed by atoms with Crippen molar-refractivity contribution in [1.82, 2.24) is 10.2 Å². The number of rotatable bonds is 4. The average molecular weight is 222 g/mol. The molecule has 1 heterocycles. The highest BCUT2D eigenvalue weighted by Crippen LogP contribution is 2.39. The molecule has 0 aromatic rings. The van der Waals surface area contributed by atoms with Crippen LogP contribution in [0.5, 0.6) is 0 Å². The minimum absolute atomic E-state index is 0.762. The Kier molecular flexibility index (Phi) is 3.21. The fourth-order valence-corrected chi connectivity index (χ4v) is 3.50. The van der Waals surface area contributed by atoms with Crippen LogP contribution in [0.1, 0.15) is 44.9 Å². The van der Waals surface area contributed by atoms with Crippen LogP contribution in [0.3, 0.4) is 0 Å². The first kappa shape index (κ1) is 11.0. The van der Waals surface area contributed by atoms with Crippen molar-refractivity contribution in [2.75, 3.05) is 20.1 Å². The first-order chi connectivity index (χ1) is 7.85.